The summed E-state index contributed by atoms with van der Waals surface area (Å²) in [6.45, 7) is 5.13. The van der Waals surface area contributed by atoms with Crippen LogP contribution in [-0.4, -0.2) is 42.9 Å². The number of anilines is 2. The van der Waals surface area contributed by atoms with Gasteiger partial charge in [-0.3, -0.25) is 14.9 Å². The molecule has 4 heterocycles. The molecule has 0 radical (unpaired) electrons. The van der Waals surface area contributed by atoms with Crippen LogP contribution in [0.3, 0.4) is 0 Å². The standard InChI is InChI=1S/C18H21N7S/c1-13-15(26-12-23-13)11-25-8-2-3-14(10-25)17-18(22-7-6-21-17)24-16-9-19-4-5-20-16/h4-7,9,12,14H,2-3,8,10-11H2,1H3,(H,20,22,24)/t14-/m0/s1. The fourth-order valence-corrected chi connectivity index (χ4v) is 4.15. The van der Waals surface area contributed by atoms with Gasteiger partial charge in [0.05, 0.1) is 23.1 Å². The van der Waals surface area contributed by atoms with Crippen molar-refractivity contribution in [2.24, 2.45) is 0 Å². The van der Waals surface area contributed by atoms with Crippen molar-refractivity contribution in [1.29, 1.82) is 0 Å². The monoisotopic (exact) mass is 367 g/mol. The predicted octanol–water partition coefficient (Wildman–Crippen LogP) is 3.15. The van der Waals surface area contributed by atoms with Gasteiger partial charge >= 0.3 is 0 Å². The van der Waals surface area contributed by atoms with Crippen LogP contribution in [0.5, 0.6) is 0 Å². The maximum atomic E-state index is 4.64. The summed E-state index contributed by atoms with van der Waals surface area (Å²) in [7, 11) is 0. The third kappa shape index (κ3) is 3.86. The Morgan fingerprint density at radius 2 is 2.04 bits per heavy atom. The average molecular weight is 367 g/mol. The van der Waals surface area contributed by atoms with Crippen molar-refractivity contribution < 1.29 is 0 Å². The molecule has 0 aliphatic carbocycles. The van der Waals surface area contributed by atoms with Crippen LogP contribution in [0.1, 0.15) is 35.0 Å². The second-order valence-electron chi connectivity index (χ2n) is 6.44. The topological polar surface area (TPSA) is 79.7 Å². The normalized spacial score (nSPS) is 18.0. The number of nitrogens with one attached hydrogen (secondary N) is 1. The van der Waals surface area contributed by atoms with Crippen molar-refractivity contribution in [2.75, 3.05) is 18.4 Å². The molecule has 0 aromatic carbocycles. The van der Waals surface area contributed by atoms with Crippen LogP contribution in [0.4, 0.5) is 11.6 Å². The molecule has 1 atom stereocenters. The van der Waals surface area contributed by atoms with Crippen molar-refractivity contribution in [2.45, 2.75) is 32.2 Å². The third-order valence-electron chi connectivity index (χ3n) is 4.64. The van der Waals surface area contributed by atoms with E-state index in [0.717, 1.165) is 49.7 Å². The first-order valence-corrected chi connectivity index (χ1v) is 9.63. The highest BCUT2D eigenvalue weighted by Crippen LogP contribution is 2.31. The summed E-state index contributed by atoms with van der Waals surface area (Å²) in [5.41, 5.74) is 4.07. The van der Waals surface area contributed by atoms with Gasteiger partial charge in [-0.2, -0.15) is 0 Å². The molecule has 8 heteroatoms. The Bertz CT molecular complexity index is 852. The first kappa shape index (κ1) is 17.0. The van der Waals surface area contributed by atoms with E-state index in [9.17, 15) is 0 Å². The molecular formula is C18H21N7S. The highest BCUT2D eigenvalue weighted by atomic mass is 32.1. The number of nitrogens with zero attached hydrogens (tertiary/aromatic N) is 6. The average Bonchev–Trinajstić information content (AvgIpc) is 3.08. The molecule has 0 spiro atoms. The Balaban J connectivity index is 1.51. The van der Waals surface area contributed by atoms with E-state index in [1.54, 1.807) is 42.3 Å². The van der Waals surface area contributed by atoms with Crippen LogP contribution < -0.4 is 5.32 Å². The Morgan fingerprint density at radius 3 is 2.85 bits per heavy atom. The van der Waals surface area contributed by atoms with Crippen molar-refractivity contribution in [1.82, 2.24) is 29.8 Å². The Kier molecular flexibility index (Phi) is 5.12. The van der Waals surface area contributed by atoms with E-state index in [2.05, 4.69) is 42.1 Å². The molecule has 0 unspecified atom stereocenters. The molecule has 1 aliphatic heterocycles. The molecule has 0 saturated carbocycles. The smallest absolute Gasteiger partial charge is 0.153 e. The molecule has 26 heavy (non-hydrogen) atoms. The van der Waals surface area contributed by atoms with Gasteiger partial charge in [0.15, 0.2) is 5.82 Å². The number of hydrogen-bond donors (Lipinski definition) is 1. The molecular weight excluding hydrogens is 346 g/mol. The van der Waals surface area contributed by atoms with Gasteiger partial charge in [0.25, 0.3) is 0 Å². The molecule has 3 aromatic rings. The van der Waals surface area contributed by atoms with Crippen molar-refractivity contribution in [3.63, 3.8) is 0 Å². The SMILES string of the molecule is Cc1ncsc1CN1CCC[C@H](c2nccnc2Nc2cnccn2)C1. The van der Waals surface area contributed by atoms with Crippen LogP contribution in [0.2, 0.25) is 0 Å². The lowest BCUT2D eigenvalue weighted by atomic mass is 9.94. The summed E-state index contributed by atoms with van der Waals surface area (Å²) in [4.78, 5) is 25.7. The van der Waals surface area contributed by atoms with E-state index >= 15 is 0 Å². The van der Waals surface area contributed by atoms with Crippen LogP contribution in [-0.2, 0) is 6.54 Å². The number of rotatable bonds is 5. The minimum Gasteiger partial charge on any atom is -0.322 e. The zero-order valence-electron chi connectivity index (χ0n) is 14.7. The maximum absolute atomic E-state index is 4.64. The highest BCUT2D eigenvalue weighted by Gasteiger charge is 2.25. The van der Waals surface area contributed by atoms with Crippen LogP contribution in [0, 0.1) is 6.92 Å². The van der Waals surface area contributed by atoms with Gasteiger partial charge in [-0.05, 0) is 26.3 Å². The number of thiazole rings is 1. The van der Waals surface area contributed by atoms with Crippen molar-refractivity contribution in [3.8, 4) is 0 Å². The van der Waals surface area contributed by atoms with Crippen LogP contribution in [0.15, 0.2) is 36.5 Å². The number of aromatic nitrogens is 5. The van der Waals surface area contributed by atoms with Gasteiger partial charge in [-0.1, -0.05) is 0 Å². The van der Waals surface area contributed by atoms with E-state index in [4.69, 9.17) is 0 Å². The quantitative estimate of drug-likeness (QED) is 0.742. The fourth-order valence-electron chi connectivity index (χ4n) is 3.33. The highest BCUT2D eigenvalue weighted by molar-refractivity contribution is 7.09. The molecule has 1 aliphatic rings. The van der Waals surface area contributed by atoms with Crippen LogP contribution in [0.25, 0.3) is 0 Å². The minimum absolute atomic E-state index is 0.352. The van der Waals surface area contributed by atoms with Gasteiger partial charge in [0.2, 0.25) is 0 Å². The molecule has 0 amide bonds. The van der Waals surface area contributed by atoms with Gasteiger partial charge in [-0.15, -0.1) is 11.3 Å². The number of hydrogen-bond acceptors (Lipinski definition) is 8. The van der Waals surface area contributed by atoms with E-state index in [0.29, 0.717) is 11.7 Å². The minimum atomic E-state index is 0.352. The van der Waals surface area contributed by atoms with E-state index in [-0.39, 0.29) is 0 Å². The Labute approximate surface area is 156 Å². The van der Waals surface area contributed by atoms with Gasteiger partial charge in [-0.25, -0.2) is 15.0 Å². The first-order chi connectivity index (χ1) is 12.8. The Hall–Kier alpha value is -2.45. The van der Waals surface area contributed by atoms with Gasteiger partial charge < -0.3 is 5.32 Å². The molecule has 4 rings (SSSR count). The predicted molar refractivity (Wildman–Crippen MR) is 101 cm³/mol. The van der Waals surface area contributed by atoms with Gasteiger partial charge in [0.1, 0.15) is 5.82 Å². The van der Waals surface area contributed by atoms with Gasteiger partial charge in [0, 0.05) is 48.7 Å². The van der Waals surface area contributed by atoms with Crippen molar-refractivity contribution in [3.05, 3.63) is 52.8 Å². The van der Waals surface area contributed by atoms with Crippen molar-refractivity contribution >= 4 is 23.0 Å². The Morgan fingerprint density at radius 1 is 1.15 bits per heavy atom. The summed E-state index contributed by atoms with van der Waals surface area (Å²) >= 11 is 1.74. The van der Waals surface area contributed by atoms with E-state index in [1.807, 2.05) is 5.51 Å². The first-order valence-electron chi connectivity index (χ1n) is 8.75. The maximum Gasteiger partial charge on any atom is 0.153 e. The number of likely N-dealkylation sites (tertiary alicyclic amines) is 1. The molecule has 1 saturated heterocycles. The van der Waals surface area contributed by atoms with Crippen LogP contribution >= 0.6 is 11.3 Å². The number of piperidine rings is 1. The molecule has 1 fully saturated rings. The second kappa shape index (κ2) is 7.84. The largest absolute Gasteiger partial charge is 0.322 e. The molecule has 1 N–H and O–H groups in total. The molecule has 7 nitrogen and oxygen atoms in total. The van der Waals surface area contributed by atoms with E-state index in [1.165, 1.54) is 4.88 Å². The second-order valence-corrected chi connectivity index (χ2v) is 7.38. The zero-order chi connectivity index (χ0) is 17.8. The number of aryl methyl sites for hydroxylation is 1. The third-order valence-corrected chi connectivity index (χ3v) is 5.56. The molecule has 3 aromatic heterocycles. The lowest BCUT2D eigenvalue weighted by Gasteiger charge is -2.32. The fraction of sp³-hybridized carbons (Fsp3) is 0.389. The molecule has 134 valence electrons. The summed E-state index contributed by atoms with van der Waals surface area (Å²) in [5.74, 6) is 1.81. The lowest BCUT2D eigenvalue weighted by molar-refractivity contribution is 0.200. The zero-order valence-corrected chi connectivity index (χ0v) is 15.5. The van der Waals surface area contributed by atoms with E-state index < -0.39 is 0 Å². The molecule has 0 bridgehead atoms. The lowest BCUT2D eigenvalue weighted by Crippen LogP contribution is -2.34. The summed E-state index contributed by atoms with van der Waals surface area (Å²) in [6, 6.07) is 0. The summed E-state index contributed by atoms with van der Waals surface area (Å²) in [5, 5.41) is 3.27. The summed E-state index contributed by atoms with van der Waals surface area (Å²) < 4.78 is 0. The summed E-state index contributed by atoms with van der Waals surface area (Å²) in [6.07, 6.45) is 10.8.